The number of carbonyl (C=O) groups is 1. The Labute approximate surface area is 341 Å². The molecule has 2 aliphatic rings. The number of ether oxygens (including phenoxy) is 2. The van der Waals surface area contributed by atoms with Crippen molar-refractivity contribution in [2.75, 3.05) is 43.3 Å². The molecule has 0 aromatic heterocycles. The van der Waals surface area contributed by atoms with Gasteiger partial charge in [0.05, 0.1) is 30.0 Å². The number of urea groups is 1. The Morgan fingerprint density at radius 2 is 1.67 bits per heavy atom. The number of sulfone groups is 1. The summed E-state index contributed by atoms with van der Waals surface area (Å²) in [6.45, 7) is 4.93. The monoisotopic (exact) mass is 851 g/mol. The molecule has 0 saturated carbocycles. The molecule has 0 spiro atoms. The molecule has 2 aliphatic heterocycles. The summed E-state index contributed by atoms with van der Waals surface area (Å²) in [5.41, 5.74) is 1.78. The molecule has 7 N–H and O–H groups in total. The lowest BCUT2D eigenvalue weighted by Crippen LogP contribution is -2.64. The second-order valence-corrected chi connectivity index (χ2v) is 17.8. The van der Waals surface area contributed by atoms with Gasteiger partial charge in [0.25, 0.3) is 0 Å². The molecule has 5 rings (SSSR count). The van der Waals surface area contributed by atoms with Gasteiger partial charge in [-0.25, -0.2) is 17.4 Å². The van der Waals surface area contributed by atoms with Crippen LogP contribution in [0.4, 0.5) is 16.2 Å². The average molecular weight is 852 g/mol. The summed E-state index contributed by atoms with van der Waals surface area (Å²) in [5, 5.41) is 47.2. The van der Waals surface area contributed by atoms with E-state index in [1.165, 1.54) is 0 Å². The van der Waals surface area contributed by atoms with Gasteiger partial charge in [-0.1, -0.05) is 69.2 Å². The Morgan fingerprint density at radius 1 is 0.983 bits per heavy atom. The molecule has 0 bridgehead atoms. The summed E-state index contributed by atoms with van der Waals surface area (Å²) in [6, 6.07) is 19.8. The Morgan fingerprint density at radius 3 is 2.29 bits per heavy atom. The van der Waals surface area contributed by atoms with Crippen molar-refractivity contribution in [3.63, 3.8) is 0 Å². The maximum atomic E-state index is 14.0. The zero-order valence-corrected chi connectivity index (χ0v) is 35.0. The number of fused-ring (bicyclic) bond motifs is 1. The van der Waals surface area contributed by atoms with Crippen LogP contribution in [0.2, 0.25) is 0 Å². The Kier molecular flexibility index (Phi) is 16.6. The van der Waals surface area contributed by atoms with Crippen molar-refractivity contribution in [1.82, 2.24) is 5.32 Å². The Bertz CT molecular complexity index is 2020. The van der Waals surface area contributed by atoms with Gasteiger partial charge in [-0.3, -0.25) is 4.55 Å². The van der Waals surface area contributed by atoms with E-state index in [1.807, 2.05) is 32.8 Å². The molecule has 0 unspecified atom stereocenters. The third-order valence-electron chi connectivity index (χ3n) is 10.5. The maximum absolute atomic E-state index is 14.0. The lowest BCUT2D eigenvalue weighted by molar-refractivity contribution is -0.246. The van der Waals surface area contributed by atoms with Crippen molar-refractivity contribution in [3.05, 3.63) is 89.5 Å². The molecule has 0 aliphatic carbocycles. The van der Waals surface area contributed by atoms with Crippen LogP contribution in [0.3, 0.4) is 0 Å². The highest BCUT2D eigenvalue weighted by Gasteiger charge is 2.49. The van der Waals surface area contributed by atoms with E-state index in [1.54, 1.807) is 79.7 Å². The highest BCUT2D eigenvalue weighted by molar-refractivity contribution is 7.91. The normalized spacial score (nSPS) is 26.6. The summed E-state index contributed by atoms with van der Waals surface area (Å²) in [4.78, 5) is 15.5. The number of benzene rings is 3. The van der Waals surface area contributed by atoms with E-state index in [9.17, 15) is 36.9 Å². The van der Waals surface area contributed by atoms with Crippen molar-refractivity contribution in [2.24, 2.45) is 5.41 Å². The van der Waals surface area contributed by atoms with Crippen LogP contribution in [-0.4, -0.2) is 118 Å². The second-order valence-electron chi connectivity index (χ2n) is 14.7. The number of carbonyl (C=O) groups excluding carboxylic acids is 1. The molecule has 1 fully saturated rings. The first-order chi connectivity index (χ1) is 27.4. The minimum atomic E-state index is -4.93. The van der Waals surface area contributed by atoms with Crippen LogP contribution in [0.15, 0.2) is 77.7 Å². The van der Waals surface area contributed by atoms with E-state index in [0.717, 1.165) is 18.5 Å². The minimum Gasteiger partial charge on any atom is -0.397 e. The zero-order chi connectivity index (χ0) is 42.8. The van der Waals surface area contributed by atoms with E-state index in [4.69, 9.17) is 19.1 Å². The summed E-state index contributed by atoms with van der Waals surface area (Å²) in [5.74, 6) is -1.00. The molecule has 58 heavy (non-hydrogen) atoms. The van der Waals surface area contributed by atoms with Gasteiger partial charge in [-0.2, -0.15) is 8.42 Å². The summed E-state index contributed by atoms with van der Waals surface area (Å²) >= 11 is 0. The predicted molar refractivity (Wildman–Crippen MR) is 217 cm³/mol. The summed E-state index contributed by atoms with van der Waals surface area (Å²) in [6.07, 6.45) is -6.32. The molecule has 322 valence electrons. The molecule has 0 radical (unpaired) electrons. The van der Waals surface area contributed by atoms with Gasteiger partial charge in [-0.15, -0.1) is 0 Å². The quantitative estimate of drug-likeness (QED) is 0.115. The molecule has 8 atom stereocenters. The van der Waals surface area contributed by atoms with Gasteiger partial charge in [0.2, 0.25) is 0 Å². The molecular weight excluding hydrogens is 795 g/mol. The molecule has 2 heterocycles. The third kappa shape index (κ3) is 11.7. The number of rotatable bonds is 14. The van der Waals surface area contributed by atoms with Crippen molar-refractivity contribution in [1.29, 1.82) is 0 Å². The third-order valence-corrected chi connectivity index (χ3v) is 12.9. The maximum Gasteiger partial charge on any atom is 0.397 e. The minimum absolute atomic E-state index is 0.0531. The lowest BCUT2D eigenvalue weighted by Gasteiger charge is -2.42. The second kappa shape index (κ2) is 20.5. The first-order valence-electron chi connectivity index (χ1n) is 19.2. The van der Waals surface area contributed by atoms with Crippen LogP contribution in [0.25, 0.3) is 0 Å². The van der Waals surface area contributed by atoms with Gasteiger partial charge in [0.1, 0.15) is 24.4 Å². The number of hydrogen-bond acceptors (Lipinski definition) is 13. The van der Waals surface area contributed by atoms with Gasteiger partial charge in [0, 0.05) is 43.4 Å². The molecular formula is C40H57N3O13S2. The van der Waals surface area contributed by atoms with Gasteiger partial charge in [-0.05, 0) is 66.8 Å². The molecule has 18 heteroatoms. The highest BCUT2D eigenvalue weighted by atomic mass is 32.3. The van der Waals surface area contributed by atoms with E-state index >= 15 is 0 Å². The van der Waals surface area contributed by atoms with Crippen LogP contribution in [0, 0.1) is 5.41 Å². The van der Waals surface area contributed by atoms with Crippen molar-refractivity contribution in [3.8, 4) is 0 Å². The molecule has 3 aromatic rings. The van der Waals surface area contributed by atoms with Crippen LogP contribution >= 0.6 is 0 Å². The fraction of sp³-hybridized carbons (Fsp3) is 0.525. The summed E-state index contributed by atoms with van der Waals surface area (Å²) < 4.78 is 75.7. The van der Waals surface area contributed by atoms with Crippen molar-refractivity contribution in [2.45, 2.75) is 101 Å². The molecule has 16 nitrogen and oxygen atoms in total. The number of aliphatic hydroxyl groups is 4. The molecule has 1 saturated heterocycles. The number of hydrogen-bond donors (Lipinski definition) is 7. The Hall–Kier alpha value is -3.69. The summed E-state index contributed by atoms with van der Waals surface area (Å²) in [7, 11) is -5.07. The number of amides is 2. The number of aliphatic hydroxyl groups excluding tert-OH is 4. The van der Waals surface area contributed by atoms with Crippen LogP contribution in [0.1, 0.15) is 69.1 Å². The van der Waals surface area contributed by atoms with E-state index in [-0.39, 0.29) is 29.5 Å². The highest BCUT2D eigenvalue weighted by Crippen LogP contribution is 2.49. The number of nitrogens with zero attached hydrogens (tertiary/aromatic N) is 1. The van der Waals surface area contributed by atoms with E-state index in [0.29, 0.717) is 29.5 Å². The van der Waals surface area contributed by atoms with Gasteiger partial charge >= 0.3 is 16.4 Å². The fourth-order valence-electron chi connectivity index (χ4n) is 7.42. The largest absolute Gasteiger partial charge is 0.397 e. The first kappa shape index (κ1) is 47.0. The van der Waals surface area contributed by atoms with Crippen molar-refractivity contribution >= 4 is 37.6 Å². The van der Waals surface area contributed by atoms with Crippen LogP contribution in [-0.2, 0) is 40.5 Å². The zero-order valence-electron chi connectivity index (χ0n) is 33.4. The lowest BCUT2D eigenvalue weighted by atomic mass is 9.69. The standard InChI is InChI=1S/C38H51N3O12S2.C2H6O/c1-5-7-18-38(6-2)23-54(46,47)30-17-16-27(41(3)4)20-28(30)31(35(38)44)25-14-11-15-26(19-25)39-37(45)40-36-33(43)34(51-21-24-12-9-8-10-13-24)32(42)29(53-36)22-52-55(48,49)50;1-2-3/h8-17,19-20,29,31-36,42-44H,5-7,18,21-23H2,1-4H3,(H2,39,40,45)(H,48,49,50);3H,2H2,1H3/t29-,31-,32-,33-,34+,35-,36-,38-;/m1./s1. The van der Waals surface area contributed by atoms with Gasteiger partial charge in [0.15, 0.2) is 16.1 Å². The van der Waals surface area contributed by atoms with Gasteiger partial charge < -0.3 is 45.4 Å². The number of nitrogens with one attached hydrogen (secondary N) is 2. The topological polar surface area (TPSA) is 241 Å². The number of unbranched alkanes of at least 4 members (excludes halogenated alkanes) is 1. The SMILES string of the molecule is CCCC[C@]1(CC)CS(=O)(=O)c2ccc(N(C)C)cc2[C@@H](c2cccc(NC(=O)N[C@@H]3O[C@H](COS(=O)(=O)O)[C@@H](O)[C@H](OCc4ccccc4)[C@H]3O)c2)[C@H]1O.CCO. The molecule has 2 amide bonds. The smallest absolute Gasteiger partial charge is 0.397 e. The van der Waals surface area contributed by atoms with Crippen LogP contribution < -0.4 is 15.5 Å². The van der Waals surface area contributed by atoms with E-state index in [2.05, 4.69) is 14.8 Å². The molecule has 3 aromatic carbocycles. The van der Waals surface area contributed by atoms with E-state index < -0.39 is 81.0 Å². The Balaban J connectivity index is 0.00000240. The predicted octanol–water partition coefficient (Wildman–Crippen LogP) is 3.59. The number of anilines is 2. The van der Waals surface area contributed by atoms with Crippen LogP contribution in [0.5, 0.6) is 0 Å². The fourth-order valence-corrected chi connectivity index (χ4v) is 9.98. The average Bonchev–Trinajstić information content (AvgIpc) is 3.24. The first-order valence-corrected chi connectivity index (χ1v) is 22.2. The van der Waals surface area contributed by atoms with Crippen molar-refractivity contribution < 1.29 is 60.3 Å².